The van der Waals surface area contributed by atoms with Crippen LogP contribution in [0.25, 0.3) is 21.3 Å². The van der Waals surface area contributed by atoms with Crippen molar-refractivity contribution in [3.8, 4) is 16.2 Å². The highest BCUT2D eigenvalue weighted by Crippen LogP contribution is 2.29. The number of hydrogen-bond donors (Lipinski definition) is 1. The van der Waals surface area contributed by atoms with Crippen molar-refractivity contribution >= 4 is 22.2 Å². The Morgan fingerprint density at radius 3 is 2.48 bits per heavy atom. The van der Waals surface area contributed by atoms with Crippen LogP contribution in [0.3, 0.4) is 0 Å². The summed E-state index contributed by atoms with van der Waals surface area (Å²) in [6.45, 7) is 0. The van der Waals surface area contributed by atoms with E-state index in [0.29, 0.717) is 17.4 Å². The standard InChI is InChI=1S/C21H17NO2S/c1-22-18-6-3-2-5-16(18)20(23)17(21(22)24)13-14-8-10-15(11-9-14)19-7-4-12-25-19/h2-12,23H,13H2,1H3. The maximum absolute atomic E-state index is 12.7. The molecular weight excluding hydrogens is 330 g/mol. The van der Waals surface area contributed by atoms with Crippen LogP contribution < -0.4 is 5.56 Å². The normalized spacial score (nSPS) is 11.1. The third kappa shape index (κ3) is 2.75. The first-order valence-electron chi connectivity index (χ1n) is 8.07. The van der Waals surface area contributed by atoms with Crippen LogP contribution >= 0.6 is 11.3 Å². The molecule has 2 aromatic carbocycles. The van der Waals surface area contributed by atoms with Crippen molar-refractivity contribution in [1.29, 1.82) is 0 Å². The average Bonchev–Trinajstić information content (AvgIpc) is 3.19. The van der Waals surface area contributed by atoms with Crippen molar-refractivity contribution in [1.82, 2.24) is 4.57 Å². The zero-order chi connectivity index (χ0) is 17.4. The summed E-state index contributed by atoms with van der Waals surface area (Å²) in [6.07, 6.45) is 0.411. The monoisotopic (exact) mass is 347 g/mol. The Morgan fingerprint density at radius 1 is 1.00 bits per heavy atom. The van der Waals surface area contributed by atoms with E-state index >= 15 is 0 Å². The molecule has 0 saturated heterocycles. The molecule has 0 aliphatic carbocycles. The lowest BCUT2D eigenvalue weighted by atomic mass is 10.0. The molecule has 0 aliphatic rings. The van der Waals surface area contributed by atoms with Gasteiger partial charge in [-0.15, -0.1) is 11.3 Å². The van der Waals surface area contributed by atoms with Gasteiger partial charge < -0.3 is 9.67 Å². The van der Waals surface area contributed by atoms with E-state index in [1.165, 1.54) is 4.88 Å². The molecule has 3 nitrogen and oxygen atoms in total. The Kier molecular flexibility index (Phi) is 3.90. The Hall–Kier alpha value is -2.85. The third-order valence-corrected chi connectivity index (χ3v) is 5.43. The molecule has 4 heteroatoms. The van der Waals surface area contributed by atoms with Gasteiger partial charge in [0.15, 0.2) is 0 Å². The minimum absolute atomic E-state index is 0.0843. The molecule has 2 aromatic heterocycles. The lowest BCUT2D eigenvalue weighted by Gasteiger charge is -2.12. The molecule has 2 heterocycles. The van der Waals surface area contributed by atoms with Crippen LogP contribution in [0, 0.1) is 0 Å². The summed E-state index contributed by atoms with van der Waals surface area (Å²) >= 11 is 1.70. The fourth-order valence-electron chi connectivity index (χ4n) is 3.14. The van der Waals surface area contributed by atoms with Crippen LogP contribution in [0.1, 0.15) is 11.1 Å². The predicted molar refractivity (Wildman–Crippen MR) is 103 cm³/mol. The summed E-state index contributed by atoms with van der Waals surface area (Å²) < 4.78 is 1.60. The number of pyridine rings is 1. The molecule has 0 bridgehead atoms. The molecule has 0 amide bonds. The number of thiophene rings is 1. The van der Waals surface area contributed by atoms with Gasteiger partial charge in [0.05, 0.1) is 11.1 Å². The topological polar surface area (TPSA) is 42.2 Å². The van der Waals surface area contributed by atoms with Crippen molar-refractivity contribution in [2.75, 3.05) is 0 Å². The summed E-state index contributed by atoms with van der Waals surface area (Å²) in [5.41, 5.74) is 3.18. The molecule has 0 unspecified atom stereocenters. The van der Waals surface area contributed by atoms with E-state index in [0.717, 1.165) is 16.6 Å². The molecule has 0 radical (unpaired) electrons. The lowest BCUT2D eigenvalue weighted by Crippen LogP contribution is -2.21. The molecule has 4 aromatic rings. The van der Waals surface area contributed by atoms with Crippen molar-refractivity contribution < 1.29 is 5.11 Å². The molecule has 124 valence electrons. The van der Waals surface area contributed by atoms with E-state index in [9.17, 15) is 9.90 Å². The highest BCUT2D eigenvalue weighted by atomic mass is 32.1. The second-order valence-corrected chi connectivity index (χ2v) is 7.01. The Labute approximate surface area is 149 Å². The Balaban J connectivity index is 1.75. The fraction of sp³-hybridized carbons (Fsp3) is 0.0952. The molecule has 4 rings (SSSR count). The number of aryl methyl sites for hydroxylation is 1. The highest BCUT2D eigenvalue weighted by molar-refractivity contribution is 7.13. The Bertz CT molecular complexity index is 1090. The van der Waals surface area contributed by atoms with Crippen LogP contribution in [0.4, 0.5) is 0 Å². The Morgan fingerprint density at radius 2 is 1.76 bits per heavy atom. The number of nitrogens with zero attached hydrogens (tertiary/aromatic N) is 1. The summed E-state index contributed by atoms with van der Waals surface area (Å²) in [7, 11) is 1.74. The minimum Gasteiger partial charge on any atom is -0.507 e. The summed E-state index contributed by atoms with van der Waals surface area (Å²) in [5, 5.41) is 13.4. The highest BCUT2D eigenvalue weighted by Gasteiger charge is 2.14. The van der Waals surface area contributed by atoms with E-state index < -0.39 is 0 Å². The second kappa shape index (κ2) is 6.22. The van der Waals surface area contributed by atoms with Crippen molar-refractivity contribution in [3.63, 3.8) is 0 Å². The van der Waals surface area contributed by atoms with Gasteiger partial charge in [-0.25, -0.2) is 0 Å². The third-order valence-electron chi connectivity index (χ3n) is 4.51. The number of para-hydroxylation sites is 1. The first-order chi connectivity index (χ1) is 12.1. The molecule has 0 spiro atoms. The van der Waals surface area contributed by atoms with Gasteiger partial charge in [-0.1, -0.05) is 42.5 Å². The zero-order valence-electron chi connectivity index (χ0n) is 13.8. The molecule has 1 N–H and O–H groups in total. The first-order valence-corrected chi connectivity index (χ1v) is 8.95. The van der Waals surface area contributed by atoms with Crippen LogP contribution in [-0.2, 0) is 13.5 Å². The maximum atomic E-state index is 12.7. The summed E-state index contributed by atoms with van der Waals surface area (Å²) in [6, 6.07) is 19.7. The zero-order valence-corrected chi connectivity index (χ0v) is 14.6. The molecule has 0 saturated carbocycles. The van der Waals surface area contributed by atoms with E-state index in [2.05, 4.69) is 23.6 Å². The number of benzene rings is 2. The predicted octanol–water partition coefficient (Wildman–Crippen LogP) is 4.56. The fourth-order valence-corrected chi connectivity index (χ4v) is 3.87. The summed E-state index contributed by atoms with van der Waals surface area (Å²) in [5.74, 6) is 0.0843. The van der Waals surface area contributed by atoms with Crippen molar-refractivity contribution in [2.45, 2.75) is 6.42 Å². The van der Waals surface area contributed by atoms with Crippen molar-refractivity contribution in [3.05, 3.63) is 87.5 Å². The minimum atomic E-state index is -0.154. The van der Waals surface area contributed by atoms with Gasteiger partial charge >= 0.3 is 0 Å². The molecule has 25 heavy (non-hydrogen) atoms. The van der Waals surface area contributed by atoms with Gasteiger partial charge in [0.1, 0.15) is 5.75 Å². The van der Waals surface area contributed by atoms with Crippen LogP contribution in [0.5, 0.6) is 5.75 Å². The maximum Gasteiger partial charge on any atom is 0.258 e. The smallest absolute Gasteiger partial charge is 0.258 e. The number of aromatic nitrogens is 1. The quantitative estimate of drug-likeness (QED) is 0.590. The van der Waals surface area contributed by atoms with Gasteiger partial charge in [-0.3, -0.25) is 4.79 Å². The van der Waals surface area contributed by atoms with Gasteiger partial charge in [-0.2, -0.15) is 0 Å². The molecular formula is C21H17NO2S. The molecule has 0 fully saturated rings. The second-order valence-electron chi connectivity index (χ2n) is 6.06. The van der Waals surface area contributed by atoms with Crippen LogP contribution in [0.2, 0.25) is 0 Å². The van der Waals surface area contributed by atoms with E-state index in [1.807, 2.05) is 42.5 Å². The molecule has 0 atom stereocenters. The first kappa shape index (κ1) is 15.7. The lowest BCUT2D eigenvalue weighted by molar-refractivity contribution is 0.473. The van der Waals surface area contributed by atoms with Gasteiger partial charge in [-0.05, 0) is 34.7 Å². The molecule has 0 aliphatic heterocycles. The van der Waals surface area contributed by atoms with E-state index in [-0.39, 0.29) is 11.3 Å². The number of fused-ring (bicyclic) bond motifs is 1. The van der Waals surface area contributed by atoms with Gasteiger partial charge in [0.25, 0.3) is 5.56 Å². The van der Waals surface area contributed by atoms with E-state index in [1.54, 1.807) is 23.0 Å². The SMILES string of the molecule is Cn1c(=O)c(Cc2ccc(-c3cccs3)cc2)c(O)c2ccccc21. The number of hydrogen-bond acceptors (Lipinski definition) is 3. The number of aromatic hydroxyl groups is 1. The van der Waals surface area contributed by atoms with Crippen LogP contribution in [-0.4, -0.2) is 9.67 Å². The van der Waals surface area contributed by atoms with Crippen molar-refractivity contribution in [2.24, 2.45) is 7.05 Å². The average molecular weight is 347 g/mol. The van der Waals surface area contributed by atoms with E-state index in [4.69, 9.17) is 0 Å². The van der Waals surface area contributed by atoms with Gasteiger partial charge in [0, 0.05) is 23.7 Å². The summed E-state index contributed by atoms with van der Waals surface area (Å²) in [4.78, 5) is 13.9. The number of rotatable bonds is 3. The van der Waals surface area contributed by atoms with Crippen LogP contribution in [0.15, 0.2) is 70.8 Å². The largest absolute Gasteiger partial charge is 0.507 e. The van der Waals surface area contributed by atoms with Gasteiger partial charge in [0.2, 0.25) is 0 Å².